The average Bonchev–Trinajstić information content (AvgIpc) is 3.68. The molecular weight excluding hydrogens is 875 g/mol. The number of imide groups is 1. The number of hydroxylamine groups is 2. The summed E-state index contributed by atoms with van der Waals surface area (Å²) in [5.74, 6) is -1.72. The number of rotatable bonds is 26. The van der Waals surface area contributed by atoms with Gasteiger partial charge in [-0.3, -0.25) is 18.7 Å². The Morgan fingerprint density at radius 1 is 0.859 bits per heavy atom. The van der Waals surface area contributed by atoms with Gasteiger partial charge in [-0.1, -0.05) is 18.6 Å². The summed E-state index contributed by atoms with van der Waals surface area (Å²) in [5, 5.41) is 1.42. The van der Waals surface area contributed by atoms with Crippen LogP contribution in [0.2, 0.25) is 0 Å². The lowest BCUT2D eigenvalue weighted by atomic mass is 9.77. The molecule has 1 unspecified atom stereocenters. The van der Waals surface area contributed by atoms with Gasteiger partial charge in [-0.15, -0.1) is 5.06 Å². The highest BCUT2D eigenvalue weighted by Crippen LogP contribution is 2.51. The van der Waals surface area contributed by atoms with Gasteiger partial charge in [-0.2, -0.15) is 16.8 Å². The lowest BCUT2D eigenvalue weighted by Crippen LogP contribution is -2.36. The molecule has 0 radical (unpaired) electrons. The minimum absolute atomic E-state index is 0.00739. The lowest BCUT2D eigenvalue weighted by molar-refractivity contribution is -0.197. The monoisotopic (exact) mass is 932 g/mol. The van der Waals surface area contributed by atoms with Crippen LogP contribution in [0.1, 0.15) is 69.4 Å². The van der Waals surface area contributed by atoms with Crippen LogP contribution in [-0.2, 0) is 63.8 Å². The van der Waals surface area contributed by atoms with Gasteiger partial charge in [0.25, 0.3) is 32.1 Å². The molecular formula is C44H58N3O15S2+. The predicted octanol–water partition coefficient (Wildman–Crippen LogP) is 4.24. The molecule has 3 heterocycles. The van der Waals surface area contributed by atoms with Gasteiger partial charge in [0, 0.05) is 68.5 Å². The second kappa shape index (κ2) is 23.4. The molecule has 1 aromatic rings. The normalized spacial score (nSPS) is 17.4. The molecule has 18 nitrogen and oxygen atoms in total. The van der Waals surface area contributed by atoms with E-state index in [4.69, 9.17) is 28.2 Å². The molecule has 0 bridgehead atoms. The summed E-state index contributed by atoms with van der Waals surface area (Å²) < 4.78 is 97.8. The van der Waals surface area contributed by atoms with Crippen LogP contribution in [0.15, 0.2) is 75.9 Å². The third-order valence-corrected chi connectivity index (χ3v) is 12.7. The van der Waals surface area contributed by atoms with Crippen molar-refractivity contribution in [2.24, 2.45) is 0 Å². The standard InChI is InChI=1S/C44H57N3O15S2/c1-44(19-8-30-63(51,52)53)37-32-35(64(54,55)56)13-15-38(37)46(20-6-4-5-11-43(50)62-47-41(48)16-17-42(47)49)40(44)10-7-9-33-18-23-61-39-31-34(12-14-36(33)39)45(21-24-59-28-26-57-2)22-25-60-29-27-58-3/h7,9-10,12-15,18,23,31-32H,4-6,8,11,16-17,19-22,24-30H2,1-3H3,(H-,51,52,53,54,55,56)/p+1. The smallest absolute Gasteiger partial charge is 0.333 e. The number of fused-ring (bicyclic) bond motifs is 2. The largest absolute Gasteiger partial charge is 0.464 e. The van der Waals surface area contributed by atoms with E-state index in [0.717, 1.165) is 16.5 Å². The Bertz CT molecular complexity index is 2400. The first-order chi connectivity index (χ1) is 30.6. The number of hydrogen-bond donors (Lipinski definition) is 2. The average molecular weight is 933 g/mol. The maximum atomic E-state index is 12.4. The molecule has 2 amide bonds. The van der Waals surface area contributed by atoms with Crippen molar-refractivity contribution in [3.05, 3.63) is 83.1 Å². The van der Waals surface area contributed by atoms with E-state index in [1.807, 2.05) is 54.3 Å². The van der Waals surface area contributed by atoms with Gasteiger partial charge in [0.05, 0.1) is 49.4 Å². The molecule has 3 aliphatic heterocycles. The van der Waals surface area contributed by atoms with Crippen molar-refractivity contribution in [2.75, 3.05) is 84.1 Å². The van der Waals surface area contributed by atoms with Gasteiger partial charge in [0.1, 0.15) is 19.0 Å². The minimum atomic E-state index is -4.61. The lowest BCUT2D eigenvalue weighted by Gasteiger charge is -2.30. The van der Waals surface area contributed by atoms with E-state index in [2.05, 4.69) is 4.58 Å². The summed E-state index contributed by atoms with van der Waals surface area (Å²) in [6.07, 6.45) is 8.86. The number of hydrogen-bond acceptors (Lipinski definition) is 14. The zero-order chi connectivity index (χ0) is 46.3. The Labute approximate surface area is 373 Å². The first-order valence-electron chi connectivity index (χ1n) is 21.1. The molecule has 1 saturated heterocycles. The van der Waals surface area contributed by atoms with Crippen LogP contribution < -0.4 is 14.8 Å². The van der Waals surface area contributed by atoms with E-state index < -0.39 is 49.2 Å². The number of carbonyl (C=O) groups is 3. The van der Waals surface area contributed by atoms with Crippen LogP contribution in [0.4, 0.5) is 5.69 Å². The third-order valence-electron chi connectivity index (χ3n) is 11.0. The summed E-state index contributed by atoms with van der Waals surface area (Å²) in [7, 11) is -5.69. The molecule has 1 aromatic carbocycles. The Kier molecular flexibility index (Phi) is 18.4. The summed E-state index contributed by atoms with van der Waals surface area (Å²) in [4.78, 5) is 42.9. The van der Waals surface area contributed by atoms with E-state index in [0.29, 0.717) is 106 Å². The molecule has 0 saturated carbocycles. The summed E-state index contributed by atoms with van der Waals surface area (Å²) in [5.41, 5.74) is 2.55. The third kappa shape index (κ3) is 13.9. The van der Waals surface area contributed by atoms with Gasteiger partial charge < -0.3 is 33.1 Å². The second-order valence-corrected chi connectivity index (χ2v) is 18.5. The van der Waals surface area contributed by atoms with Crippen molar-refractivity contribution in [1.29, 1.82) is 0 Å². The number of allylic oxidation sites excluding steroid dienone is 3. The van der Waals surface area contributed by atoms with Gasteiger partial charge in [-0.05, 0) is 80.1 Å². The number of methoxy groups -OCH3 is 2. The number of carbonyl (C=O) groups excluding carboxylic acids is 3. The van der Waals surface area contributed by atoms with E-state index in [1.165, 1.54) is 12.1 Å². The molecule has 1 atom stereocenters. The number of nitrogens with zero attached hydrogens (tertiary/aromatic N) is 3. The highest BCUT2D eigenvalue weighted by atomic mass is 32.2. The zero-order valence-electron chi connectivity index (χ0n) is 36.4. The van der Waals surface area contributed by atoms with Crippen LogP contribution in [0.25, 0.3) is 17.4 Å². The molecule has 0 aromatic heterocycles. The van der Waals surface area contributed by atoms with Crippen LogP contribution in [-0.4, -0.2) is 128 Å². The minimum Gasteiger partial charge on any atom is -0.464 e. The maximum absolute atomic E-state index is 12.4. The van der Waals surface area contributed by atoms with Crippen molar-refractivity contribution in [1.82, 2.24) is 9.64 Å². The summed E-state index contributed by atoms with van der Waals surface area (Å²) in [6.45, 7) is 6.31. The Morgan fingerprint density at radius 2 is 1.55 bits per heavy atom. The molecule has 350 valence electrons. The first-order valence-corrected chi connectivity index (χ1v) is 24.1. The Morgan fingerprint density at radius 3 is 2.19 bits per heavy atom. The SMILES string of the molecule is COCCOCC[N+](CCOCCOC)=c1ccc2c(/C=C/C=C3/N(CCCCCC(=O)ON4C(=O)CCC4=O)c4ccc(S(=O)(=O)O)cc4C3(C)CCCS(=O)(=O)O)ccoc-2c1. The molecule has 64 heavy (non-hydrogen) atoms. The van der Waals surface area contributed by atoms with Gasteiger partial charge >= 0.3 is 5.97 Å². The summed E-state index contributed by atoms with van der Waals surface area (Å²) in [6, 6.07) is 12.0. The highest BCUT2D eigenvalue weighted by molar-refractivity contribution is 7.86. The van der Waals surface area contributed by atoms with Crippen molar-refractivity contribution in [3.63, 3.8) is 0 Å². The molecule has 0 spiro atoms. The molecule has 2 N–H and O–H groups in total. The van der Waals surface area contributed by atoms with Gasteiger partial charge in [0.2, 0.25) is 5.36 Å². The van der Waals surface area contributed by atoms with Crippen LogP contribution in [0.5, 0.6) is 0 Å². The van der Waals surface area contributed by atoms with Crippen molar-refractivity contribution in [3.8, 4) is 11.3 Å². The van der Waals surface area contributed by atoms with Crippen molar-refractivity contribution in [2.45, 2.75) is 68.6 Å². The number of unbranched alkanes of at least 4 members (excludes halogenated alkanes) is 2. The van der Waals surface area contributed by atoms with Gasteiger partial charge in [-0.25, -0.2) is 9.37 Å². The Balaban J connectivity index is 1.44. The fraction of sp³-hybridized carbons (Fsp3) is 0.500. The number of ether oxygens (including phenoxy) is 4. The van der Waals surface area contributed by atoms with Gasteiger partial charge in [0.15, 0.2) is 13.1 Å². The van der Waals surface area contributed by atoms with E-state index in [1.54, 1.807) is 26.5 Å². The maximum Gasteiger partial charge on any atom is 0.333 e. The zero-order valence-corrected chi connectivity index (χ0v) is 38.1. The fourth-order valence-corrected chi connectivity index (χ4v) is 8.75. The molecule has 5 rings (SSSR count). The fourth-order valence-electron chi connectivity index (χ4n) is 7.74. The van der Waals surface area contributed by atoms with E-state index in [-0.39, 0.29) is 37.0 Å². The van der Waals surface area contributed by atoms with Crippen molar-refractivity contribution < 1.29 is 68.5 Å². The van der Waals surface area contributed by atoms with E-state index >= 15 is 0 Å². The Hall–Kier alpha value is -4.80. The molecule has 20 heteroatoms. The van der Waals surface area contributed by atoms with Crippen LogP contribution in [0, 0.1) is 0 Å². The highest BCUT2D eigenvalue weighted by Gasteiger charge is 2.44. The number of benzene rings is 2. The first kappa shape index (κ1) is 50.2. The molecule has 1 aliphatic carbocycles. The van der Waals surface area contributed by atoms with E-state index in [9.17, 15) is 40.3 Å². The number of anilines is 1. The number of amides is 2. The quantitative estimate of drug-likeness (QED) is 0.0497. The molecule has 1 fully saturated rings. The molecule has 4 aliphatic rings. The van der Waals surface area contributed by atoms with Crippen molar-refractivity contribution >= 4 is 49.8 Å². The predicted molar refractivity (Wildman–Crippen MR) is 235 cm³/mol. The summed E-state index contributed by atoms with van der Waals surface area (Å²) >= 11 is 0. The topological polar surface area (TPSA) is 229 Å². The van der Waals surface area contributed by atoms with Crippen LogP contribution >= 0.6 is 0 Å². The van der Waals surface area contributed by atoms with Crippen LogP contribution in [0.3, 0.4) is 0 Å². The second-order valence-electron chi connectivity index (χ2n) is 15.5.